The summed E-state index contributed by atoms with van der Waals surface area (Å²) < 4.78 is 46.1. The smallest absolute Gasteiger partial charge is 0.503 e. The van der Waals surface area contributed by atoms with Gasteiger partial charge >= 0.3 is 6.36 Å². The van der Waals surface area contributed by atoms with Crippen molar-refractivity contribution < 1.29 is 27.8 Å². The van der Waals surface area contributed by atoms with Gasteiger partial charge in [0.15, 0.2) is 11.5 Å². The summed E-state index contributed by atoms with van der Waals surface area (Å²) in [5.74, 6) is -0.0867. The van der Waals surface area contributed by atoms with Gasteiger partial charge in [-0.15, -0.1) is 13.2 Å². The van der Waals surface area contributed by atoms with Gasteiger partial charge in [-0.25, -0.2) is 0 Å². The monoisotopic (exact) mass is 405 g/mol. The molecule has 0 radical (unpaired) electrons. The molecule has 1 atom stereocenters. The second-order valence-electron chi connectivity index (χ2n) is 4.88. The number of benzene rings is 2. The quantitative estimate of drug-likeness (QED) is 0.768. The lowest BCUT2D eigenvalue weighted by Crippen LogP contribution is -2.17. The summed E-state index contributed by atoms with van der Waals surface area (Å²) >= 11 is 3.22. The lowest BCUT2D eigenvalue weighted by atomic mass is 9.99. The number of alkyl halides is 3. The van der Waals surface area contributed by atoms with Gasteiger partial charge in [-0.1, -0.05) is 12.1 Å². The van der Waals surface area contributed by atoms with Crippen LogP contribution in [0.4, 0.5) is 13.2 Å². The van der Waals surface area contributed by atoms with Crippen molar-refractivity contribution >= 4 is 15.9 Å². The fourth-order valence-corrected chi connectivity index (χ4v) is 2.57. The predicted octanol–water partition coefficient (Wildman–Crippen LogP) is 4.50. The molecule has 0 saturated carbocycles. The summed E-state index contributed by atoms with van der Waals surface area (Å²) in [7, 11) is 0. The van der Waals surface area contributed by atoms with Crippen LogP contribution in [0.15, 0.2) is 40.9 Å². The second-order valence-corrected chi connectivity index (χ2v) is 5.73. The minimum atomic E-state index is -4.74. The SMILES string of the molecule is CCOc1cc([C@@H](N)c2ccc(OC(F)(F)F)cc2)cc(Br)c1O. The minimum absolute atomic E-state index is 0.0401. The van der Waals surface area contributed by atoms with Gasteiger partial charge in [0, 0.05) is 0 Å². The first-order valence-corrected chi connectivity index (χ1v) is 7.77. The lowest BCUT2D eigenvalue weighted by molar-refractivity contribution is -0.274. The fraction of sp³-hybridized carbons (Fsp3) is 0.250. The molecule has 0 saturated heterocycles. The van der Waals surface area contributed by atoms with E-state index in [1.54, 1.807) is 19.1 Å². The lowest BCUT2D eigenvalue weighted by Gasteiger charge is -2.17. The Morgan fingerprint density at radius 3 is 2.33 bits per heavy atom. The van der Waals surface area contributed by atoms with Crippen molar-refractivity contribution in [3.63, 3.8) is 0 Å². The summed E-state index contributed by atoms with van der Waals surface area (Å²) in [6.45, 7) is 2.14. The Bertz CT molecular complexity index is 705. The van der Waals surface area contributed by atoms with E-state index in [-0.39, 0.29) is 17.2 Å². The second kappa shape index (κ2) is 7.31. The third-order valence-corrected chi connectivity index (χ3v) is 3.79. The number of nitrogens with two attached hydrogens (primary N) is 1. The van der Waals surface area contributed by atoms with Crippen molar-refractivity contribution in [1.82, 2.24) is 0 Å². The van der Waals surface area contributed by atoms with Crippen LogP contribution in [0.3, 0.4) is 0 Å². The summed E-state index contributed by atoms with van der Waals surface area (Å²) in [6.07, 6.45) is -4.74. The van der Waals surface area contributed by atoms with E-state index in [1.165, 1.54) is 24.3 Å². The number of hydrogen-bond donors (Lipinski definition) is 2. The largest absolute Gasteiger partial charge is 0.573 e. The van der Waals surface area contributed by atoms with Crippen molar-refractivity contribution in [2.75, 3.05) is 6.61 Å². The van der Waals surface area contributed by atoms with Crippen LogP contribution in [0.25, 0.3) is 0 Å². The van der Waals surface area contributed by atoms with Crippen LogP contribution in [0, 0.1) is 0 Å². The van der Waals surface area contributed by atoms with E-state index in [1.807, 2.05) is 0 Å². The van der Waals surface area contributed by atoms with Gasteiger partial charge < -0.3 is 20.3 Å². The summed E-state index contributed by atoms with van der Waals surface area (Å²) in [4.78, 5) is 0. The van der Waals surface area contributed by atoms with Crippen molar-refractivity contribution in [2.24, 2.45) is 5.73 Å². The van der Waals surface area contributed by atoms with E-state index in [0.29, 0.717) is 22.2 Å². The molecular weight excluding hydrogens is 391 g/mol. The highest BCUT2D eigenvalue weighted by molar-refractivity contribution is 9.10. The molecule has 4 nitrogen and oxygen atoms in total. The van der Waals surface area contributed by atoms with E-state index in [2.05, 4.69) is 20.7 Å². The first-order valence-electron chi connectivity index (χ1n) is 6.97. The van der Waals surface area contributed by atoms with Crippen LogP contribution < -0.4 is 15.2 Å². The van der Waals surface area contributed by atoms with Crippen LogP contribution in [0.5, 0.6) is 17.2 Å². The number of phenols is 1. The molecule has 3 N–H and O–H groups in total. The van der Waals surface area contributed by atoms with E-state index in [0.717, 1.165) is 0 Å². The zero-order chi connectivity index (χ0) is 17.9. The molecule has 0 unspecified atom stereocenters. The highest BCUT2D eigenvalue weighted by Crippen LogP contribution is 2.38. The van der Waals surface area contributed by atoms with Crippen molar-refractivity contribution in [3.8, 4) is 17.2 Å². The fourth-order valence-electron chi connectivity index (χ4n) is 2.11. The Morgan fingerprint density at radius 1 is 1.17 bits per heavy atom. The molecule has 0 heterocycles. The van der Waals surface area contributed by atoms with Crippen molar-refractivity contribution in [3.05, 3.63) is 52.0 Å². The Morgan fingerprint density at radius 2 is 1.79 bits per heavy atom. The maximum Gasteiger partial charge on any atom is 0.573 e. The average Bonchev–Trinajstić information content (AvgIpc) is 2.50. The van der Waals surface area contributed by atoms with Gasteiger partial charge in [0.25, 0.3) is 0 Å². The van der Waals surface area contributed by atoms with Gasteiger partial charge in [0.2, 0.25) is 0 Å². The number of phenolic OH excluding ortho intramolecular Hbond substituents is 1. The molecule has 130 valence electrons. The predicted molar refractivity (Wildman–Crippen MR) is 86.1 cm³/mol. The highest BCUT2D eigenvalue weighted by Gasteiger charge is 2.31. The number of halogens is 4. The van der Waals surface area contributed by atoms with Crippen molar-refractivity contribution in [2.45, 2.75) is 19.3 Å². The van der Waals surface area contributed by atoms with E-state index in [4.69, 9.17) is 10.5 Å². The normalized spacial score (nSPS) is 12.8. The Kier molecular flexibility index (Phi) is 5.61. The third-order valence-electron chi connectivity index (χ3n) is 3.18. The molecule has 0 aromatic heterocycles. The Balaban J connectivity index is 2.27. The first-order chi connectivity index (χ1) is 11.2. The molecule has 2 aromatic rings. The molecule has 24 heavy (non-hydrogen) atoms. The van der Waals surface area contributed by atoms with Crippen LogP contribution in [0.2, 0.25) is 0 Å². The van der Waals surface area contributed by atoms with Crippen LogP contribution in [-0.4, -0.2) is 18.1 Å². The van der Waals surface area contributed by atoms with Gasteiger partial charge in [-0.05, 0) is 58.2 Å². The van der Waals surface area contributed by atoms with Gasteiger partial charge in [-0.3, -0.25) is 0 Å². The topological polar surface area (TPSA) is 64.7 Å². The Hall–Kier alpha value is -1.93. The van der Waals surface area contributed by atoms with E-state index < -0.39 is 12.4 Å². The van der Waals surface area contributed by atoms with Crippen molar-refractivity contribution in [1.29, 1.82) is 0 Å². The first kappa shape index (κ1) is 18.4. The van der Waals surface area contributed by atoms with Crippen LogP contribution in [0.1, 0.15) is 24.1 Å². The maximum absolute atomic E-state index is 12.2. The molecule has 0 aliphatic carbocycles. The van der Waals surface area contributed by atoms with Crippen LogP contribution >= 0.6 is 15.9 Å². The molecule has 0 spiro atoms. The molecule has 0 bridgehead atoms. The summed E-state index contributed by atoms with van der Waals surface area (Å²) in [5.41, 5.74) is 7.38. The standard InChI is InChI=1S/C16H15BrF3NO3/c1-2-23-13-8-10(7-12(17)15(13)22)14(21)9-3-5-11(6-4-9)24-16(18,19)20/h3-8,14,22H,2,21H2,1H3/t14-/m0/s1. The number of aromatic hydroxyl groups is 1. The molecular formula is C16H15BrF3NO3. The average molecular weight is 406 g/mol. The zero-order valence-corrected chi connectivity index (χ0v) is 14.2. The van der Waals surface area contributed by atoms with Crippen LogP contribution in [-0.2, 0) is 0 Å². The molecule has 0 aliphatic heterocycles. The van der Waals surface area contributed by atoms with E-state index >= 15 is 0 Å². The molecule has 0 fully saturated rings. The third kappa shape index (κ3) is 4.55. The molecule has 0 amide bonds. The molecule has 2 rings (SSSR count). The zero-order valence-electron chi connectivity index (χ0n) is 12.6. The number of hydrogen-bond acceptors (Lipinski definition) is 4. The molecule has 8 heteroatoms. The Labute approximate surface area is 145 Å². The summed E-state index contributed by atoms with van der Waals surface area (Å²) in [5, 5.41) is 9.91. The maximum atomic E-state index is 12.2. The highest BCUT2D eigenvalue weighted by atomic mass is 79.9. The molecule has 2 aromatic carbocycles. The van der Waals surface area contributed by atoms with Gasteiger partial charge in [0.05, 0.1) is 17.1 Å². The van der Waals surface area contributed by atoms with Gasteiger partial charge in [-0.2, -0.15) is 0 Å². The van der Waals surface area contributed by atoms with E-state index in [9.17, 15) is 18.3 Å². The number of rotatable bonds is 5. The minimum Gasteiger partial charge on any atom is -0.503 e. The summed E-state index contributed by atoms with van der Waals surface area (Å²) in [6, 6.07) is 7.90. The van der Waals surface area contributed by atoms with Gasteiger partial charge in [0.1, 0.15) is 5.75 Å². The number of ether oxygens (including phenoxy) is 2. The molecule has 0 aliphatic rings.